The van der Waals surface area contributed by atoms with E-state index in [4.69, 9.17) is 9.15 Å². The van der Waals surface area contributed by atoms with Gasteiger partial charge in [0.05, 0.1) is 0 Å². The molecule has 1 unspecified atom stereocenters. The minimum atomic E-state index is -0.113. The number of hydrogen-bond acceptors (Lipinski definition) is 6. The minimum Gasteiger partial charge on any atom is -0.456 e. The summed E-state index contributed by atoms with van der Waals surface area (Å²) in [6.45, 7) is 11.6. The molecule has 1 N–H and O–H groups in total. The maximum absolute atomic E-state index is 13.0. The first-order chi connectivity index (χ1) is 15.6. The first kappa shape index (κ1) is 23.0. The van der Waals surface area contributed by atoms with Crippen molar-refractivity contribution in [1.29, 1.82) is 0 Å². The number of carbonyl (C=O) groups excluding carboxylic acids is 1. The van der Waals surface area contributed by atoms with E-state index in [0.717, 1.165) is 101 Å². The summed E-state index contributed by atoms with van der Waals surface area (Å²) in [6, 6.07) is 2.04. The average Bonchev–Trinajstić information content (AvgIpc) is 3.38. The van der Waals surface area contributed by atoms with Crippen molar-refractivity contribution in [1.82, 2.24) is 25.0 Å². The van der Waals surface area contributed by atoms with E-state index in [2.05, 4.69) is 45.8 Å². The van der Waals surface area contributed by atoms with E-state index >= 15 is 0 Å². The summed E-state index contributed by atoms with van der Waals surface area (Å²) in [6.07, 6.45) is 5.37. The molecule has 8 heteroatoms. The predicted octanol–water partition coefficient (Wildman–Crippen LogP) is 3.30. The highest BCUT2D eigenvalue weighted by Crippen LogP contribution is 2.28. The second-order valence-electron chi connectivity index (χ2n) is 8.88. The smallest absolute Gasteiger partial charge is 0.287 e. The summed E-state index contributed by atoms with van der Waals surface area (Å²) >= 11 is 0. The minimum absolute atomic E-state index is 0.105. The highest BCUT2D eigenvalue weighted by molar-refractivity contribution is 5.92. The number of aryl methyl sites for hydroxylation is 2. The van der Waals surface area contributed by atoms with E-state index in [0.29, 0.717) is 11.7 Å². The second-order valence-corrected chi connectivity index (χ2v) is 8.88. The van der Waals surface area contributed by atoms with Crippen LogP contribution >= 0.6 is 0 Å². The molecule has 0 bridgehead atoms. The zero-order valence-corrected chi connectivity index (χ0v) is 19.7. The first-order valence-electron chi connectivity index (χ1n) is 12.3. The van der Waals surface area contributed by atoms with Crippen LogP contribution in [0.4, 0.5) is 0 Å². The number of ether oxygens (including phenoxy) is 1. The molecule has 32 heavy (non-hydrogen) atoms. The molecule has 1 atom stereocenters. The zero-order valence-electron chi connectivity index (χ0n) is 19.7. The third-order valence-corrected chi connectivity index (χ3v) is 6.93. The molecule has 0 aliphatic carbocycles. The van der Waals surface area contributed by atoms with E-state index in [1.165, 1.54) is 0 Å². The molecule has 2 aromatic heterocycles. The molecule has 0 saturated carbocycles. The lowest BCUT2D eigenvalue weighted by Gasteiger charge is -2.22. The first-order valence-corrected chi connectivity index (χ1v) is 12.3. The van der Waals surface area contributed by atoms with Crippen molar-refractivity contribution in [3.63, 3.8) is 0 Å². The van der Waals surface area contributed by atoms with Gasteiger partial charge in [0, 0.05) is 56.7 Å². The second kappa shape index (κ2) is 10.6. The molecular weight excluding hydrogens is 406 g/mol. The molecule has 0 aromatic carbocycles. The van der Waals surface area contributed by atoms with Gasteiger partial charge in [-0.25, -0.2) is 0 Å². The quantitative estimate of drug-likeness (QED) is 0.674. The van der Waals surface area contributed by atoms with Crippen LogP contribution < -0.4 is 5.32 Å². The van der Waals surface area contributed by atoms with E-state index < -0.39 is 0 Å². The monoisotopic (exact) mass is 443 g/mol. The Kier molecular flexibility index (Phi) is 7.63. The molecule has 2 aliphatic rings. The number of hydrogen-bond donors (Lipinski definition) is 1. The summed E-state index contributed by atoms with van der Waals surface area (Å²) < 4.78 is 13.7. The molecule has 0 spiro atoms. The van der Waals surface area contributed by atoms with Crippen molar-refractivity contribution >= 4 is 5.91 Å². The Morgan fingerprint density at radius 1 is 1.16 bits per heavy atom. The lowest BCUT2D eigenvalue weighted by molar-refractivity contribution is 0.0826. The number of aromatic nitrogens is 3. The molecule has 0 radical (unpaired) electrons. The van der Waals surface area contributed by atoms with Crippen LogP contribution in [0, 0.1) is 0 Å². The molecular formula is C24H37N5O3. The van der Waals surface area contributed by atoms with Gasteiger partial charge >= 0.3 is 0 Å². The SMILES string of the molecule is CCc1oc(C(=O)NC2CCc3nnc(C4CCOCC4)n3CC2)cc1CN(CC)CC. The van der Waals surface area contributed by atoms with Crippen molar-refractivity contribution in [3.8, 4) is 0 Å². The highest BCUT2D eigenvalue weighted by Gasteiger charge is 2.27. The fourth-order valence-corrected chi connectivity index (χ4v) is 4.87. The van der Waals surface area contributed by atoms with E-state index in [1.54, 1.807) is 0 Å². The van der Waals surface area contributed by atoms with Crippen LogP contribution in [0.25, 0.3) is 0 Å². The summed E-state index contributed by atoms with van der Waals surface area (Å²) in [5, 5.41) is 12.2. The highest BCUT2D eigenvalue weighted by atomic mass is 16.5. The number of furan rings is 1. The van der Waals surface area contributed by atoms with Gasteiger partial charge in [-0.05, 0) is 44.8 Å². The van der Waals surface area contributed by atoms with E-state index in [1.807, 2.05) is 6.07 Å². The topological polar surface area (TPSA) is 85.4 Å². The standard InChI is InChI=1S/C24H37N5O3/c1-4-20-18(16-28(5-2)6-3)15-21(32-20)24(30)25-19-7-8-22-26-27-23(29(22)12-9-19)17-10-13-31-14-11-17/h15,17,19H,4-14,16H2,1-3H3,(H,25,30). The Morgan fingerprint density at radius 3 is 2.66 bits per heavy atom. The van der Waals surface area contributed by atoms with Crippen LogP contribution in [0.2, 0.25) is 0 Å². The molecule has 2 aromatic rings. The van der Waals surface area contributed by atoms with Crippen LogP contribution in [0.5, 0.6) is 0 Å². The third kappa shape index (κ3) is 5.07. The summed E-state index contributed by atoms with van der Waals surface area (Å²) in [4.78, 5) is 15.3. The van der Waals surface area contributed by atoms with Gasteiger partial charge < -0.3 is 19.0 Å². The van der Waals surface area contributed by atoms with Crippen LogP contribution in [0.1, 0.15) is 85.9 Å². The molecule has 2 aliphatic heterocycles. The Bertz CT molecular complexity index is 896. The molecule has 176 valence electrons. The number of carbonyl (C=O) groups is 1. The summed E-state index contributed by atoms with van der Waals surface area (Å²) in [5.74, 6) is 3.78. The van der Waals surface area contributed by atoms with Gasteiger partial charge in [-0.3, -0.25) is 9.69 Å². The lowest BCUT2D eigenvalue weighted by Crippen LogP contribution is -2.35. The maximum Gasteiger partial charge on any atom is 0.287 e. The fourth-order valence-electron chi connectivity index (χ4n) is 4.87. The number of fused-ring (bicyclic) bond motifs is 1. The number of rotatable bonds is 8. The largest absolute Gasteiger partial charge is 0.456 e. The van der Waals surface area contributed by atoms with E-state index in [9.17, 15) is 4.79 Å². The number of amides is 1. The average molecular weight is 444 g/mol. The van der Waals surface area contributed by atoms with Crippen LogP contribution in [0.15, 0.2) is 10.5 Å². The van der Waals surface area contributed by atoms with Gasteiger partial charge in [-0.15, -0.1) is 10.2 Å². The van der Waals surface area contributed by atoms with Gasteiger partial charge in [0.1, 0.15) is 17.4 Å². The Labute approximate surface area is 190 Å². The Balaban J connectivity index is 1.39. The fraction of sp³-hybridized carbons (Fsp3) is 0.708. The molecule has 4 heterocycles. The van der Waals surface area contributed by atoms with Crippen LogP contribution in [-0.4, -0.2) is 57.9 Å². The van der Waals surface area contributed by atoms with Crippen molar-refractivity contribution in [2.24, 2.45) is 0 Å². The van der Waals surface area contributed by atoms with Gasteiger partial charge in [-0.1, -0.05) is 20.8 Å². The van der Waals surface area contributed by atoms with Gasteiger partial charge in [0.25, 0.3) is 5.91 Å². The molecule has 1 fully saturated rings. The molecule has 8 nitrogen and oxygen atoms in total. The number of nitrogens with zero attached hydrogens (tertiary/aromatic N) is 4. The zero-order chi connectivity index (χ0) is 22.5. The van der Waals surface area contributed by atoms with Gasteiger partial charge in [0.15, 0.2) is 5.76 Å². The number of nitrogens with one attached hydrogen (secondary N) is 1. The maximum atomic E-state index is 13.0. The molecule has 4 rings (SSSR count). The summed E-state index contributed by atoms with van der Waals surface area (Å²) in [7, 11) is 0. The Hall–Kier alpha value is -2.19. The third-order valence-electron chi connectivity index (χ3n) is 6.93. The lowest BCUT2D eigenvalue weighted by atomic mass is 9.99. The van der Waals surface area contributed by atoms with Crippen molar-refractivity contribution in [2.75, 3.05) is 26.3 Å². The Morgan fingerprint density at radius 2 is 1.94 bits per heavy atom. The summed E-state index contributed by atoms with van der Waals surface area (Å²) in [5.41, 5.74) is 1.12. The van der Waals surface area contributed by atoms with Crippen molar-refractivity contribution in [3.05, 3.63) is 34.8 Å². The van der Waals surface area contributed by atoms with Crippen molar-refractivity contribution < 1.29 is 13.9 Å². The normalized spacial score (nSPS) is 19.7. The van der Waals surface area contributed by atoms with E-state index in [-0.39, 0.29) is 11.9 Å². The van der Waals surface area contributed by atoms with Gasteiger partial charge in [-0.2, -0.15) is 0 Å². The van der Waals surface area contributed by atoms with Gasteiger partial charge in [0.2, 0.25) is 0 Å². The predicted molar refractivity (Wildman–Crippen MR) is 122 cm³/mol. The van der Waals surface area contributed by atoms with Crippen LogP contribution in [-0.2, 0) is 30.7 Å². The van der Waals surface area contributed by atoms with Crippen LogP contribution in [0.3, 0.4) is 0 Å². The molecule has 1 saturated heterocycles. The molecule has 1 amide bonds. The van der Waals surface area contributed by atoms with Crippen molar-refractivity contribution in [2.45, 2.75) is 84.3 Å².